The standard InChI is InChI=1S/C25H31NO4/c27-24(28)16-6-4-2-1-3-5-11-17-26-25(29)30-18-23-21-14-9-7-12-19(21)20-13-8-10-15-22(20)23/h7-10,12-15,23H,1-6,11,16-18H2,(H,26,29)(H,27,28). The minimum Gasteiger partial charge on any atom is -0.481 e. The molecule has 0 bridgehead atoms. The lowest BCUT2D eigenvalue weighted by Crippen LogP contribution is -2.27. The zero-order valence-electron chi connectivity index (χ0n) is 17.4. The SMILES string of the molecule is O=C(O)CCCCCCCCCNC(=O)OCC1c2ccccc2-c2ccccc21. The molecule has 1 aliphatic rings. The zero-order valence-corrected chi connectivity index (χ0v) is 17.4. The number of nitrogens with one attached hydrogen (secondary N) is 1. The second-order valence-electron chi connectivity index (χ2n) is 7.87. The number of amides is 1. The van der Waals surface area contributed by atoms with Gasteiger partial charge in [0.25, 0.3) is 0 Å². The van der Waals surface area contributed by atoms with E-state index in [2.05, 4.69) is 29.6 Å². The summed E-state index contributed by atoms with van der Waals surface area (Å²) in [6.45, 7) is 0.964. The fourth-order valence-corrected chi connectivity index (χ4v) is 4.13. The first kappa shape index (κ1) is 21.9. The van der Waals surface area contributed by atoms with Crippen LogP contribution in [0.4, 0.5) is 4.79 Å². The predicted molar refractivity (Wildman–Crippen MR) is 118 cm³/mol. The monoisotopic (exact) mass is 409 g/mol. The number of carboxylic acid groups (broad SMARTS) is 1. The van der Waals surface area contributed by atoms with E-state index in [1.807, 2.05) is 24.3 Å². The van der Waals surface area contributed by atoms with Gasteiger partial charge in [0.2, 0.25) is 0 Å². The van der Waals surface area contributed by atoms with Gasteiger partial charge >= 0.3 is 12.1 Å². The molecule has 0 spiro atoms. The fourth-order valence-electron chi connectivity index (χ4n) is 4.13. The zero-order chi connectivity index (χ0) is 21.2. The van der Waals surface area contributed by atoms with Crippen molar-refractivity contribution >= 4 is 12.1 Å². The van der Waals surface area contributed by atoms with Crippen LogP contribution < -0.4 is 5.32 Å². The van der Waals surface area contributed by atoms with E-state index in [1.165, 1.54) is 22.3 Å². The highest BCUT2D eigenvalue weighted by molar-refractivity contribution is 5.79. The van der Waals surface area contributed by atoms with Crippen LogP contribution >= 0.6 is 0 Å². The van der Waals surface area contributed by atoms with Crippen molar-refractivity contribution in [3.63, 3.8) is 0 Å². The Kier molecular flexibility index (Phi) is 8.30. The summed E-state index contributed by atoms with van der Waals surface area (Å²) in [7, 11) is 0. The van der Waals surface area contributed by atoms with Crippen LogP contribution in [0.2, 0.25) is 0 Å². The minimum atomic E-state index is -0.714. The highest BCUT2D eigenvalue weighted by Gasteiger charge is 2.28. The molecule has 1 amide bonds. The second kappa shape index (κ2) is 11.4. The topological polar surface area (TPSA) is 75.6 Å². The third-order valence-corrected chi connectivity index (χ3v) is 5.68. The summed E-state index contributed by atoms with van der Waals surface area (Å²) in [5.41, 5.74) is 4.89. The first-order valence-electron chi connectivity index (χ1n) is 11.0. The van der Waals surface area contributed by atoms with Crippen LogP contribution in [0.25, 0.3) is 11.1 Å². The molecular weight excluding hydrogens is 378 g/mol. The van der Waals surface area contributed by atoms with Gasteiger partial charge in [-0.25, -0.2) is 4.79 Å². The number of carboxylic acids is 1. The van der Waals surface area contributed by atoms with Crippen molar-refractivity contribution in [2.24, 2.45) is 0 Å². The minimum absolute atomic E-state index is 0.0873. The highest BCUT2D eigenvalue weighted by Crippen LogP contribution is 2.44. The Hall–Kier alpha value is -2.82. The number of unbranched alkanes of at least 4 members (excludes halogenated alkanes) is 6. The van der Waals surface area contributed by atoms with E-state index in [0.717, 1.165) is 44.9 Å². The molecule has 5 heteroatoms. The van der Waals surface area contributed by atoms with Gasteiger partial charge in [0.15, 0.2) is 0 Å². The lowest BCUT2D eigenvalue weighted by molar-refractivity contribution is -0.137. The Labute approximate surface area is 178 Å². The van der Waals surface area contributed by atoms with Gasteiger partial charge in [-0.2, -0.15) is 0 Å². The lowest BCUT2D eigenvalue weighted by Gasteiger charge is -2.14. The van der Waals surface area contributed by atoms with Crippen LogP contribution in [0, 0.1) is 0 Å². The van der Waals surface area contributed by atoms with Gasteiger partial charge in [-0.3, -0.25) is 4.79 Å². The van der Waals surface area contributed by atoms with Crippen molar-refractivity contribution in [3.05, 3.63) is 59.7 Å². The fraction of sp³-hybridized carbons (Fsp3) is 0.440. The molecule has 0 atom stereocenters. The van der Waals surface area contributed by atoms with Crippen molar-refractivity contribution < 1.29 is 19.4 Å². The number of ether oxygens (including phenoxy) is 1. The summed E-state index contributed by atoms with van der Waals surface area (Å²) in [6, 6.07) is 16.6. The number of carbonyl (C=O) groups excluding carboxylic acids is 1. The average molecular weight is 410 g/mol. The summed E-state index contributed by atoms with van der Waals surface area (Å²) < 4.78 is 5.53. The van der Waals surface area contributed by atoms with Crippen molar-refractivity contribution in [2.45, 2.75) is 57.3 Å². The number of hydrogen-bond acceptors (Lipinski definition) is 3. The van der Waals surface area contributed by atoms with Crippen LogP contribution in [-0.2, 0) is 9.53 Å². The van der Waals surface area contributed by atoms with Crippen LogP contribution in [0.3, 0.4) is 0 Å². The molecule has 0 aliphatic heterocycles. The van der Waals surface area contributed by atoms with Crippen molar-refractivity contribution in [2.75, 3.05) is 13.2 Å². The van der Waals surface area contributed by atoms with Gasteiger partial charge in [0, 0.05) is 18.9 Å². The van der Waals surface area contributed by atoms with Gasteiger partial charge in [-0.05, 0) is 35.1 Å². The number of aliphatic carboxylic acids is 1. The van der Waals surface area contributed by atoms with E-state index in [-0.39, 0.29) is 18.4 Å². The van der Waals surface area contributed by atoms with Gasteiger partial charge in [-0.15, -0.1) is 0 Å². The van der Waals surface area contributed by atoms with E-state index < -0.39 is 5.97 Å². The molecule has 1 aliphatic carbocycles. The summed E-state index contributed by atoms with van der Waals surface area (Å²) >= 11 is 0. The molecule has 2 aromatic carbocycles. The summed E-state index contributed by atoms with van der Waals surface area (Å²) in [4.78, 5) is 22.6. The van der Waals surface area contributed by atoms with Gasteiger partial charge in [0.05, 0.1) is 0 Å². The lowest BCUT2D eigenvalue weighted by atomic mass is 9.98. The van der Waals surface area contributed by atoms with E-state index in [9.17, 15) is 9.59 Å². The quantitative estimate of drug-likeness (QED) is 0.439. The molecule has 0 heterocycles. The van der Waals surface area contributed by atoms with Gasteiger partial charge < -0.3 is 15.2 Å². The number of alkyl carbamates (subject to hydrolysis) is 1. The molecule has 0 unspecified atom stereocenters. The molecule has 0 fully saturated rings. The van der Waals surface area contributed by atoms with Crippen molar-refractivity contribution in [3.8, 4) is 11.1 Å². The number of carbonyl (C=O) groups is 2. The Balaban J connectivity index is 1.31. The van der Waals surface area contributed by atoms with Gasteiger partial charge in [0.1, 0.15) is 6.61 Å². The summed E-state index contributed by atoms with van der Waals surface area (Å²) in [5, 5.41) is 11.5. The number of hydrogen-bond donors (Lipinski definition) is 2. The Morgan fingerprint density at radius 3 is 1.93 bits per heavy atom. The van der Waals surface area contributed by atoms with Gasteiger partial charge in [-0.1, -0.05) is 80.6 Å². The van der Waals surface area contributed by atoms with E-state index in [1.54, 1.807) is 0 Å². The Morgan fingerprint density at radius 2 is 1.33 bits per heavy atom. The molecule has 5 nitrogen and oxygen atoms in total. The molecule has 0 saturated heterocycles. The third kappa shape index (κ3) is 6.09. The third-order valence-electron chi connectivity index (χ3n) is 5.68. The number of benzene rings is 2. The highest BCUT2D eigenvalue weighted by atomic mass is 16.5. The molecule has 160 valence electrons. The molecule has 0 radical (unpaired) electrons. The van der Waals surface area contributed by atoms with Crippen LogP contribution in [0.15, 0.2) is 48.5 Å². The smallest absolute Gasteiger partial charge is 0.407 e. The van der Waals surface area contributed by atoms with Crippen molar-refractivity contribution in [1.29, 1.82) is 0 Å². The normalized spacial score (nSPS) is 12.3. The summed E-state index contributed by atoms with van der Waals surface area (Å²) in [5.74, 6) is -0.626. The number of rotatable bonds is 12. The second-order valence-corrected chi connectivity index (χ2v) is 7.87. The number of fused-ring (bicyclic) bond motifs is 3. The van der Waals surface area contributed by atoms with Crippen molar-refractivity contribution in [1.82, 2.24) is 5.32 Å². The van der Waals surface area contributed by atoms with Crippen LogP contribution in [-0.4, -0.2) is 30.3 Å². The van der Waals surface area contributed by atoms with Crippen LogP contribution in [0.5, 0.6) is 0 Å². The maximum atomic E-state index is 12.1. The maximum Gasteiger partial charge on any atom is 0.407 e. The average Bonchev–Trinajstić information content (AvgIpc) is 3.07. The van der Waals surface area contributed by atoms with E-state index >= 15 is 0 Å². The van der Waals surface area contributed by atoms with Crippen LogP contribution in [0.1, 0.15) is 68.4 Å². The van der Waals surface area contributed by atoms with E-state index in [4.69, 9.17) is 9.84 Å². The first-order chi connectivity index (χ1) is 14.7. The molecule has 3 rings (SSSR count). The molecule has 30 heavy (non-hydrogen) atoms. The molecule has 0 aromatic heterocycles. The molecule has 2 aromatic rings. The van der Waals surface area contributed by atoms with E-state index in [0.29, 0.717) is 13.2 Å². The summed E-state index contributed by atoms with van der Waals surface area (Å²) in [6.07, 6.45) is 6.94. The molecule has 2 N–H and O–H groups in total. The Morgan fingerprint density at radius 1 is 0.800 bits per heavy atom. The maximum absolute atomic E-state index is 12.1. The largest absolute Gasteiger partial charge is 0.481 e. The molecular formula is C25H31NO4. The Bertz CT molecular complexity index is 803. The molecule has 0 saturated carbocycles. The predicted octanol–water partition coefficient (Wildman–Crippen LogP) is 5.73. The first-order valence-corrected chi connectivity index (χ1v) is 11.0.